The van der Waals surface area contributed by atoms with Crippen molar-refractivity contribution in [2.75, 3.05) is 19.8 Å². The quantitative estimate of drug-likeness (QED) is 0.907. The van der Waals surface area contributed by atoms with Gasteiger partial charge in [0.15, 0.2) is 0 Å². The molecule has 1 aliphatic heterocycles. The molecule has 4 heteroatoms. The monoisotopic (exact) mass is 271 g/mol. The molecule has 4 nitrogen and oxygen atoms in total. The van der Waals surface area contributed by atoms with E-state index in [0.717, 1.165) is 32.0 Å². The van der Waals surface area contributed by atoms with Crippen molar-refractivity contribution in [1.29, 1.82) is 0 Å². The van der Waals surface area contributed by atoms with E-state index in [1.54, 1.807) is 0 Å². The minimum Gasteiger partial charge on any atom is -0.381 e. The molecular formula is C16H21N3O. The van der Waals surface area contributed by atoms with E-state index < -0.39 is 0 Å². The minimum absolute atomic E-state index is 0.653. The number of hydrogen-bond acceptors (Lipinski definition) is 3. The standard InChI is InChI=1S/C16H21N3O/c1-2-7-16(19-9-4-8-18-19)15(6-1)12-17-11-14-5-3-10-20-13-14/h1-2,4,6-9,14,17H,3,5,10-13H2. The Morgan fingerprint density at radius 3 is 3.05 bits per heavy atom. The Morgan fingerprint density at radius 1 is 1.30 bits per heavy atom. The van der Waals surface area contributed by atoms with Gasteiger partial charge in [-0.3, -0.25) is 0 Å². The molecule has 1 unspecified atom stereocenters. The molecule has 2 heterocycles. The lowest BCUT2D eigenvalue weighted by Crippen LogP contribution is -2.29. The van der Waals surface area contributed by atoms with Gasteiger partial charge in [-0.05, 0) is 36.5 Å². The first kappa shape index (κ1) is 13.3. The van der Waals surface area contributed by atoms with Crippen molar-refractivity contribution in [3.63, 3.8) is 0 Å². The summed E-state index contributed by atoms with van der Waals surface area (Å²) in [7, 11) is 0. The lowest BCUT2D eigenvalue weighted by molar-refractivity contribution is 0.0547. The third-order valence-corrected chi connectivity index (χ3v) is 3.75. The first-order valence-corrected chi connectivity index (χ1v) is 7.30. The fourth-order valence-corrected chi connectivity index (χ4v) is 2.67. The van der Waals surface area contributed by atoms with Crippen LogP contribution in [0.2, 0.25) is 0 Å². The molecule has 0 radical (unpaired) electrons. The predicted molar refractivity (Wildman–Crippen MR) is 78.8 cm³/mol. The highest BCUT2D eigenvalue weighted by Gasteiger charge is 2.13. The molecule has 1 aliphatic rings. The maximum Gasteiger partial charge on any atom is 0.0690 e. The van der Waals surface area contributed by atoms with Gasteiger partial charge in [0.2, 0.25) is 0 Å². The zero-order valence-electron chi connectivity index (χ0n) is 11.7. The number of nitrogens with one attached hydrogen (secondary N) is 1. The lowest BCUT2D eigenvalue weighted by atomic mass is 10.0. The van der Waals surface area contributed by atoms with Crippen LogP contribution in [-0.4, -0.2) is 29.5 Å². The van der Waals surface area contributed by atoms with Crippen LogP contribution >= 0.6 is 0 Å². The van der Waals surface area contributed by atoms with Crippen LogP contribution in [0.25, 0.3) is 5.69 Å². The van der Waals surface area contributed by atoms with Crippen molar-refractivity contribution < 1.29 is 4.74 Å². The second kappa shape index (κ2) is 6.68. The van der Waals surface area contributed by atoms with Crippen molar-refractivity contribution in [1.82, 2.24) is 15.1 Å². The average molecular weight is 271 g/mol. The van der Waals surface area contributed by atoms with Gasteiger partial charge in [0.25, 0.3) is 0 Å². The largest absolute Gasteiger partial charge is 0.381 e. The van der Waals surface area contributed by atoms with E-state index in [1.165, 1.54) is 18.4 Å². The fraction of sp³-hybridized carbons (Fsp3) is 0.438. The predicted octanol–water partition coefficient (Wildman–Crippen LogP) is 2.39. The number of rotatable bonds is 5. The first-order chi connectivity index (χ1) is 9.93. The molecule has 1 N–H and O–H groups in total. The van der Waals surface area contributed by atoms with Gasteiger partial charge in [-0.25, -0.2) is 4.68 Å². The lowest BCUT2D eigenvalue weighted by Gasteiger charge is -2.22. The Balaban J connectivity index is 1.60. The van der Waals surface area contributed by atoms with Crippen molar-refractivity contribution in [3.8, 4) is 5.69 Å². The van der Waals surface area contributed by atoms with E-state index in [4.69, 9.17) is 4.74 Å². The number of para-hydroxylation sites is 1. The molecule has 1 atom stereocenters. The van der Waals surface area contributed by atoms with Crippen molar-refractivity contribution >= 4 is 0 Å². The highest BCUT2D eigenvalue weighted by Crippen LogP contribution is 2.15. The van der Waals surface area contributed by atoms with E-state index >= 15 is 0 Å². The third kappa shape index (κ3) is 3.26. The molecule has 0 spiro atoms. The van der Waals surface area contributed by atoms with Gasteiger partial charge < -0.3 is 10.1 Å². The van der Waals surface area contributed by atoms with Gasteiger partial charge in [0, 0.05) is 32.1 Å². The van der Waals surface area contributed by atoms with Crippen LogP contribution < -0.4 is 5.32 Å². The molecular weight excluding hydrogens is 250 g/mol. The smallest absolute Gasteiger partial charge is 0.0690 e. The Bertz CT molecular complexity index is 518. The highest BCUT2D eigenvalue weighted by atomic mass is 16.5. The summed E-state index contributed by atoms with van der Waals surface area (Å²) in [5.41, 5.74) is 2.41. The van der Waals surface area contributed by atoms with Crippen LogP contribution in [0.1, 0.15) is 18.4 Å². The minimum atomic E-state index is 0.653. The number of aromatic nitrogens is 2. The van der Waals surface area contributed by atoms with Gasteiger partial charge in [0.1, 0.15) is 0 Å². The fourth-order valence-electron chi connectivity index (χ4n) is 2.67. The summed E-state index contributed by atoms with van der Waals surface area (Å²) < 4.78 is 7.43. The summed E-state index contributed by atoms with van der Waals surface area (Å²) >= 11 is 0. The Labute approximate surface area is 119 Å². The number of hydrogen-bond donors (Lipinski definition) is 1. The van der Waals surface area contributed by atoms with Crippen LogP contribution in [-0.2, 0) is 11.3 Å². The number of benzene rings is 1. The summed E-state index contributed by atoms with van der Waals surface area (Å²) in [5, 5.41) is 7.87. The summed E-state index contributed by atoms with van der Waals surface area (Å²) in [4.78, 5) is 0. The maximum atomic E-state index is 5.51. The Kier molecular flexibility index (Phi) is 4.46. The van der Waals surface area contributed by atoms with Crippen LogP contribution in [0, 0.1) is 5.92 Å². The summed E-state index contributed by atoms with van der Waals surface area (Å²) in [6.07, 6.45) is 6.25. The highest BCUT2D eigenvalue weighted by molar-refractivity contribution is 5.40. The topological polar surface area (TPSA) is 39.1 Å². The normalized spacial score (nSPS) is 19.1. The number of nitrogens with zero attached hydrogens (tertiary/aromatic N) is 2. The van der Waals surface area contributed by atoms with Crippen molar-refractivity contribution in [2.24, 2.45) is 5.92 Å². The molecule has 0 saturated carbocycles. The van der Waals surface area contributed by atoms with Crippen molar-refractivity contribution in [2.45, 2.75) is 19.4 Å². The van der Waals surface area contributed by atoms with Gasteiger partial charge in [-0.1, -0.05) is 18.2 Å². The van der Waals surface area contributed by atoms with Gasteiger partial charge in [0.05, 0.1) is 12.3 Å². The zero-order chi connectivity index (χ0) is 13.6. The van der Waals surface area contributed by atoms with E-state index in [0.29, 0.717) is 5.92 Å². The van der Waals surface area contributed by atoms with Gasteiger partial charge in [-0.15, -0.1) is 0 Å². The maximum absolute atomic E-state index is 5.51. The molecule has 3 rings (SSSR count). The first-order valence-electron chi connectivity index (χ1n) is 7.30. The molecule has 2 aromatic rings. The Hall–Kier alpha value is -1.65. The summed E-state index contributed by atoms with van der Waals surface area (Å²) in [5.74, 6) is 0.653. The molecule has 1 aromatic carbocycles. The molecule has 1 aromatic heterocycles. The van der Waals surface area contributed by atoms with Crippen LogP contribution in [0.15, 0.2) is 42.7 Å². The third-order valence-electron chi connectivity index (χ3n) is 3.75. The number of ether oxygens (including phenoxy) is 1. The van der Waals surface area contributed by atoms with Crippen LogP contribution in [0.5, 0.6) is 0 Å². The molecule has 1 saturated heterocycles. The summed E-state index contributed by atoms with van der Waals surface area (Å²) in [6, 6.07) is 10.3. The molecule has 106 valence electrons. The molecule has 20 heavy (non-hydrogen) atoms. The zero-order valence-corrected chi connectivity index (χ0v) is 11.7. The van der Waals surface area contributed by atoms with E-state index in [9.17, 15) is 0 Å². The Morgan fingerprint density at radius 2 is 2.25 bits per heavy atom. The second-order valence-corrected chi connectivity index (χ2v) is 5.29. The van der Waals surface area contributed by atoms with Crippen LogP contribution in [0.4, 0.5) is 0 Å². The van der Waals surface area contributed by atoms with E-state index in [2.05, 4.69) is 34.7 Å². The molecule has 1 fully saturated rings. The summed E-state index contributed by atoms with van der Waals surface area (Å²) in [6.45, 7) is 3.71. The SMILES string of the molecule is c1ccc(-n2cccn2)c(CNCC2CCCOC2)c1. The molecule has 0 bridgehead atoms. The van der Waals surface area contributed by atoms with E-state index in [1.807, 2.05) is 23.1 Å². The van der Waals surface area contributed by atoms with Gasteiger partial charge in [-0.2, -0.15) is 5.10 Å². The molecule has 0 aliphatic carbocycles. The molecule has 0 amide bonds. The van der Waals surface area contributed by atoms with E-state index in [-0.39, 0.29) is 0 Å². The van der Waals surface area contributed by atoms with Gasteiger partial charge >= 0.3 is 0 Å². The second-order valence-electron chi connectivity index (χ2n) is 5.29. The average Bonchev–Trinajstić information content (AvgIpc) is 3.03. The van der Waals surface area contributed by atoms with Crippen LogP contribution in [0.3, 0.4) is 0 Å². The van der Waals surface area contributed by atoms with Crippen molar-refractivity contribution in [3.05, 3.63) is 48.3 Å².